The van der Waals surface area contributed by atoms with Crippen LogP contribution in [0.25, 0.3) is 0 Å². The normalized spacial score (nSPS) is 26.5. The molecule has 118 valence electrons. The molecular formula is C15H23Cl2N3O. The molecule has 1 aromatic heterocycles. The van der Waals surface area contributed by atoms with Gasteiger partial charge in [0.25, 0.3) is 5.91 Å². The van der Waals surface area contributed by atoms with Crippen molar-refractivity contribution in [2.24, 2.45) is 0 Å². The molecule has 2 aliphatic rings. The molecular weight excluding hydrogens is 309 g/mol. The van der Waals surface area contributed by atoms with Gasteiger partial charge in [-0.15, -0.1) is 24.8 Å². The van der Waals surface area contributed by atoms with Gasteiger partial charge in [0.15, 0.2) is 0 Å². The van der Waals surface area contributed by atoms with Gasteiger partial charge >= 0.3 is 0 Å². The lowest BCUT2D eigenvalue weighted by molar-refractivity contribution is 0.0680. The standard InChI is InChI=1S/C15H21N3O.2ClH/c1-10-5-6-16-9-14(10)15(19)18(2)13-7-11-3-4-12(8-13)17-11;;/h5-6,9,11-13,17H,3-4,7-8H2,1-2H3;2*1H. The molecule has 2 fully saturated rings. The quantitative estimate of drug-likeness (QED) is 0.905. The lowest BCUT2D eigenvalue weighted by Gasteiger charge is -2.35. The second kappa shape index (κ2) is 7.43. The number of nitrogens with one attached hydrogen (secondary N) is 1. The number of carbonyl (C=O) groups excluding carboxylic acids is 1. The van der Waals surface area contributed by atoms with Crippen LogP contribution < -0.4 is 5.32 Å². The molecule has 0 spiro atoms. The monoisotopic (exact) mass is 331 g/mol. The van der Waals surface area contributed by atoms with Gasteiger partial charge < -0.3 is 10.2 Å². The fraction of sp³-hybridized carbons (Fsp3) is 0.600. The summed E-state index contributed by atoms with van der Waals surface area (Å²) in [6, 6.07) is 3.47. The summed E-state index contributed by atoms with van der Waals surface area (Å²) >= 11 is 0. The average Bonchev–Trinajstić information content (AvgIpc) is 2.76. The first kappa shape index (κ1) is 18.2. The fourth-order valence-corrected chi connectivity index (χ4v) is 3.39. The summed E-state index contributed by atoms with van der Waals surface area (Å²) in [6.45, 7) is 1.97. The lowest BCUT2D eigenvalue weighted by atomic mass is 9.97. The van der Waals surface area contributed by atoms with Crippen LogP contribution in [0.2, 0.25) is 0 Å². The van der Waals surface area contributed by atoms with Crippen molar-refractivity contribution in [1.82, 2.24) is 15.2 Å². The van der Waals surface area contributed by atoms with Crippen molar-refractivity contribution in [3.63, 3.8) is 0 Å². The number of nitrogens with zero attached hydrogens (tertiary/aromatic N) is 2. The number of hydrogen-bond acceptors (Lipinski definition) is 3. The molecule has 21 heavy (non-hydrogen) atoms. The summed E-state index contributed by atoms with van der Waals surface area (Å²) in [6.07, 6.45) is 8.10. The average molecular weight is 332 g/mol. The SMILES string of the molecule is Cc1ccncc1C(=O)N(C)C1CC2CCC(C1)N2.Cl.Cl. The highest BCUT2D eigenvalue weighted by Gasteiger charge is 2.36. The first-order valence-electron chi connectivity index (χ1n) is 7.09. The Hall–Kier alpha value is -0.840. The minimum absolute atomic E-state index is 0. The van der Waals surface area contributed by atoms with Gasteiger partial charge in [-0.2, -0.15) is 0 Å². The molecule has 0 radical (unpaired) electrons. The van der Waals surface area contributed by atoms with E-state index >= 15 is 0 Å². The van der Waals surface area contributed by atoms with Crippen molar-refractivity contribution in [1.29, 1.82) is 0 Å². The summed E-state index contributed by atoms with van der Waals surface area (Å²) in [5.41, 5.74) is 1.74. The van der Waals surface area contributed by atoms with Crippen LogP contribution in [-0.2, 0) is 0 Å². The number of halogens is 2. The van der Waals surface area contributed by atoms with Crippen LogP contribution in [-0.4, -0.2) is 41.0 Å². The molecule has 0 aliphatic carbocycles. The molecule has 1 aromatic rings. The van der Waals surface area contributed by atoms with E-state index in [-0.39, 0.29) is 30.7 Å². The molecule has 1 N–H and O–H groups in total. The van der Waals surface area contributed by atoms with Gasteiger partial charge in [0.1, 0.15) is 0 Å². The summed E-state index contributed by atoms with van der Waals surface area (Å²) in [5.74, 6) is 0.108. The number of rotatable bonds is 2. The van der Waals surface area contributed by atoms with Crippen LogP contribution in [0.3, 0.4) is 0 Å². The van der Waals surface area contributed by atoms with Gasteiger partial charge in [0, 0.05) is 37.6 Å². The topological polar surface area (TPSA) is 45.2 Å². The summed E-state index contributed by atoms with van der Waals surface area (Å²) < 4.78 is 0. The first-order valence-corrected chi connectivity index (χ1v) is 7.09. The predicted octanol–water partition coefficient (Wildman–Crippen LogP) is 2.59. The summed E-state index contributed by atoms with van der Waals surface area (Å²) in [7, 11) is 1.93. The molecule has 3 heterocycles. The number of pyridine rings is 1. The molecule has 0 aromatic carbocycles. The van der Waals surface area contributed by atoms with Gasteiger partial charge in [0.05, 0.1) is 5.56 Å². The molecule has 4 nitrogen and oxygen atoms in total. The second-order valence-corrected chi connectivity index (χ2v) is 5.87. The van der Waals surface area contributed by atoms with Crippen molar-refractivity contribution in [2.45, 2.75) is 50.7 Å². The van der Waals surface area contributed by atoms with Crippen LogP contribution in [0, 0.1) is 6.92 Å². The number of aryl methyl sites for hydroxylation is 1. The van der Waals surface area contributed by atoms with E-state index in [2.05, 4.69) is 10.3 Å². The van der Waals surface area contributed by atoms with Crippen LogP contribution >= 0.6 is 24.8 Å². The highest BCUT2D eigenvalue weighted by Crippen LogP contribution is 2.29. The fourth-order valence-electron chi connectivity index (χ4n) is 3.39. The van der Waals surface area contributed by atoms with Gasteiger partial charge in [-0.1, -0.05) is 0 Å². The molecule has 2 saturated heterocycles. The third-order valence-electron chi connectivity index (χ3n) is 4.59. The van der Waals surface area contributed by atoms with Gasteiger partial charge in [-0.25, -0.2) is 0 Å². The third-order valence-corrected chi connectivity index (χ3v) is 4.59. The highest BCUT2D eigenvalue weighted by molar-refractivity contribution is 5.95. The van der Waals surface area contributed by atoms with Crippen LogP contribution in [0.1, 0.15) is 41.6 Å². The van der Waals surface area contributed by atoms with Gasteiger partial charge in [-0.3, -0.25) is 9.78 Å². The Labute approximate surface area is 138 Å². The first-order chi connectivity index (χ1) is 9.15. The van der Waals surface area contributed by atoms with Crippen LogP contribution in [0.4, 0.5) is 0 Å². The Morgan fingerprint density at radius 1 is 1.29 bits per heavy atom. The zero-order valence-corrected chi connectivity index (χ0v) is 14.0. The van der Waals surface area contributed by atoms with Crippen molar-refractivity contribution in [2.75, 3.05) is 7.05 Å². The smallest absolute Gasteiger partial charge is 0.255 e. The highest BCUT2D eigenvalue weighted by atomic mass is 35.5. The maximum Gasteiger partial charge on any atom is 0.255 e. The molecule has 2 aliphatic heterocycles. The lowest BCUT2D eigenvalue weighted by Crippen LogP contribution is -2.48. The Balaban J connectivity index is 0.00000110. The summed E-state index contributed by atoms with van der Waals surface area (Å²) in [5, 5.41) is 3.61. The van der Waals surface area contributed by atoms with E-state index in [1.165, 1.54) is 12.8 Å². The molecule has 6 heteroatoms. The Kier molecular flexibility index (Phi) is 6.44. The second-order valence-electron chi connectivity index (χ2n) is 5.87. The van der Waals surface area contributed by atoms with E-state index < -0.39 is 0 Å². The predicted molar refractivity (Wildman–Crippen MR) is 88.5 cm³/mol. The Bertz CT molecular complexity index is 486. The van der Waals surface area contributed by atoms with E-state index in [4.69, 9.17) is 0 Å². The zero-order chi connectivity index (χ0) is 13.4. The zero-order valence-electron chi connectivity index (χ0n) is 12.4. The number of aromatic nitrogens is 1. The van der Waals surface area contributed by atoms with Crippen molar-refractivity contribution < 1.29 is 4.79 Å². The number of amides is 1. The number of fused-ring (bicyclic) bond motifs is 2. The van der Waals surface area contributed by atoms with E-state index in [1.54, 1.807) is 12.4 Å². The van der Waals surface area contributed by atoms with E-state index in [0.29, 0.717) is 18.1 Å². The molecule has 2 unspecified atom stereocenters. The molecule has 0 saturated carbocycles. The van der Waals surface area contributed by atoms with Gasteiger partial charge in [0.2, 0.25) is 0 Å². The van der Waals surface area contributed by atoms with Crippen molar-refractivity contribution in [3.8, 4) is 0 Å². The number of piperidine rings is 1. The van der Waals surface area contributed by atoms with Crippen molar-refractivity contribution in [3.05, 3.63) is 29.6 Å². The molecule has 2 atom stereocenters. The molecule has 2 bridgehead atoms. The maximum absolute atomic E-state index is 12.6. The molecule has 1 amide bonds. The van der Waals surface area contributed by atoms with Gasteiger partial charge in [-0.05, 0) is 44.2 Å². The van der Waals surface area contributed by atoms with Crippen LogP contribution in [0.15, 0.2) is 18.5 Å². The van der Waals surface area contributed by atoms with E-state index in [0.717, 1.165) is 24.0 Å². The minimum atomic E-state index is 0. The van der Waals surface area contributed by atoms with Crippen molar-refractivity contribution >= 4 is 30.7 Å². The Morgan fingerprint density at radius 3 is 2.48 bits per heavy atom. The van der Waals surface area contributed by atoms with E-state index in [1.807, 2.05) is 24.9 Å². The molecule has 3 rings (SSSR count). The number of carbonyl (C=O) groups is 1. The third kappa shape index (κ3) is 3.68. The minimum Gasteiger partial charge on any atom is -0.339 e. The van der Waals surface area contributed by atoms with E-state index in [9.17, 15) is 4.79 Å². The maximum atomic E-state index is 12.6. The number of hydrogen-bond donors (Lipinski definition) is 1. The largest absolute Gasteiger partial charge is 0.339 e. The Morgan fingerprint density at radius 2 is 1.90 bits per heavy atom. The van der Waals surface area contributed by atoms with Crippen LogP contribution in [0.5, 0.6) is 0 Å². The summed E-state index contributed by atoms with van der Waals surface area (Å²) in [4.78, 5) is 18.6.